The molecular formula is C17H24N2O3. The van der Waals surface area contributed by atoms with Gasteiger partial charge in [0.1, 0.15) is 0 Å². The Morgan fingerprint density at radius 1 is 1.32 bits per heavy atom. The molecule has 1 saturated heterocycles. The molecule has 0 bridgehead atoms. The van der Waals surface area contributed by atoms with Gasteiger partial charge in [-0.25, -0.2) is 0 Å². The van der Waals surface area contributed by atoms with Crippen molar-refractivity contribution in [1.82, 2.24) is 10.2 Å². The summed E-state index contributed by atoms with van der Waals surface area (Å²) >= 11 is 0. The molecule has 0 spiro atoms. The van der Waals surface area contributed by atoms with Gasteiger partial charge in [-0.05, 0) is 30.4 Å². The first-order valence-electron chi connectivity index (χ1n) is 8.07. The van der Waals surface area contributed by atoms with Crippen molar-refractivity contribution in [2.75, 3.05) is 32.9 Å². The van der Waals surface area contributed by atoms with Gasteiger partial charge in [-0.2, -0.15) is 0 Å². The van der Waals surface area contributed by atoms with Crippen molar-refractivity contribution in [3.8, 4) is 0 Å². The first-order valence-corrected chi connectivity index (χ1v) is 8.07. The monoisotopic (exact) mass is 304 g/mol. The van der Waals surface area contributed by atoms with Gasteiger partial charge in [0.05, 0.1) is 19.2 Å². The number of aliphatic hydroxyl groups excluding tert-OH is 1. The third-order valence-corrected chi connectivity index (χ3v) is 4.63. The largest absolute Gasteiger partial charge is 0.394 e. The number of fused-ring (bicyclic) bond motifs is 1. The zero-order chi connectivity index (χ0) is 15.4. The average Bonchev–Trinajstić information content (AvgIpc) is 2.55. The van der Waals surface area contributed by atoms with Crippen LogP contribution < -0.4 is 5.32 Å². The molecular weight excluding hydrogens is 280 g/mol. The number of aliphatic hydroxyl groups is 1. The summed E-state index contributed by atoms with van der Waals surface area (Å²) in [7, 11) is 0. The Morgan fingerprint density at radius 2 is 2.09 bits per heavy atom. The fourth-order valence-corrected chi connectivity index (χ4v) is 3.41. The summed E-state index contributed by atoms with van der Waals surface area (Å²) < 4.78 is 5.31. The third-order valence-electron chi connectivity index (χ3n) is 4.63. The van der Waals surface area contributed by atoms with E-state index in [1.165, 1.54) is 5.56 Å². The second-order valence-corrected chi connectivity index (χ2v) is 6.07. The van der Waals surface area contributed by atoms with Crippen LogP contribution in [0.4, 0.5) is 0 Å². The maximum atomic E-state index is 12.3. The average molecular weight is 304 g/mol. The molecule has 1 aromatic carbocycles. The molecule has 22 heavy (non-hydrogen) atoms. The maximum Gasteiger partial charge on any atom is 0.234 e. The van der Waals surface area contributed by atoms with Crippen molar-refractivity contribution >= 4 is 5.91 Å². The van der Waals surface area contributed by atoms with E-state index in [2.05, 4.69) is 22.3 Å². The Hall–Kier alpha value is -1.43. The Labute approximate surface area is 131 Å². The van der Waals surface area contributed by atoms with Crippen LogP contribution in [0, 0.1) is 0 Å². The molecule has 2 N–H and O–H groups in total. The van der Waals surface area contributed by atoms with Gasteiger partial charge in [-0.1, -0.05) is 24.3 Å². The van der Waals surface area contributed by atoms with Gasteiger partial charge in [-0.3, -0.25) is 9.69 Å². The third kappa shape index (κ3) is 3.48. The molecule has 2 aliphatic heterocycles. The number of benzene rings is 1. The molecule has 3 rings (SSSR count). The van der Waals surface area contributed by atoms with Crippen molar-refractivity contribution in [1.29, 1.82) is 0 Å². The fraction of sp³-hybridized carbons (Fsp3) is 0.588. The van der Waals surface area contributed by atoms with Crippen molar-refractivity contribution in [2.24, 2.45) is 0 Å². The van der Waals surface area contributed by atoms with E-state index in [1.807, 2.05) is 12.1 Å². The van der Waals surface area contributed by atoms with Gasteiger partial charge in [0.2, 0.25) is 5.91 Å². The summed E-state index contributed by atoms with van der Waals surface area (Å²) in [6, 6.07) is 8.33. The van der Waals surface area contributed by atoms with Crippen LogP contribution in [0.2, 0.25) is 0 Å². The molecule has 5 nitrogen and oxygen atoms in total. The summed E-state index contributed by atoms with van der Waals surface area (Å²) in [5.74, 6) is 0.0460. The Balaban J connectivity index is 1.61. The number of hydrogen-bond acceptors (Lipinski definition) is 4. The van der Waals surface area contributed by atoms with Crippen molar-refractivity contribution in [2.45, 2.75) is 31.3 Å². The van der Waals surface area contributed by atoms with E-state index in [0.717, 1.165) is 44.6 Å². The van der Waals surface area contributed by atoms with Gasteiger partial charge in [-0.15, -0.1) is 0 Å². The highest BCUT2D eigenvalue weighted by Crippen LogP contribution is 2.28. The molecule has 5 heteroatoms. The van der Waals surface area contributed by atoms with Crippen LogP contribution in [-0.2, 0) is 16.0 Å². The molecule has 1 fully saturated rings. The van der Waals surface area contributed by atoms with E-state index < -0.39 is 0 Å². The lowest BCUT2D eigenvalue weighted by molar-refractivity contribution is -0.124. The first kappa shape index (κ1) is 15.5. The smallest absolute Gasteiger partial charge is 0.234 e. The van der Waals surface area contributed by atoms with Crippen molar-refractivity contribution in [3.63, 3.8) is 0 Å². The Kier molecular flexibility index (Phi) is 5.08. The summed E-state index contributed by atoms with van der Waals surface area (Å²) in [5.41, 5.74) is 2.43. The van der Waals surface area contributed by atoms with Crippen molar-refractivity contribution < 1.29 is 14.6 Å². The molecule has 0 radical (unpaired) electrons. The zero-order valence-corrected chi connectivity index (χ0v) is 12.8. The fourth-order valence-electron chi connectivity index (χ4n) is 3.41. The normalized spacial score (nSPS) is 23.0. The Bertz CT molecular complexity index is 514. The summed E-state index contributed by atoms with van der Waals surface area (Å²) in [6.45, 7) is 2.64. The van der Waals surface area contributed by atoms with Crippen LogP contribution in [0.1, 0.15) is 30.0 Å². The minimum atomic E-state index is -0.0783. The minimum Gasteiger partial charge on any atom is -0.394 e. The molecule has 1 amide bonds. The first-order chi connectivity index (χ1) is 10.8. The van der Waals surface area contributed by atoms with E-state index >= 15 is 0 Å². The molecule has 2 aliphatic rings. The second kappa shape index (κ2) is 7.22. The van der Waals surface area contributed by atoms with Crippen molar-refractivity contribution in [3.05, 3.63) is 35.4 Å². The van der Waals surface area contributed by atoms with E-state index in [0.29, 0.717) is 6.54 Å². The summed E-state index contributed by atoms with van der Waals surface area (Å²) in [5, 5.41) is 12.8. The molecule has 0 aliphatic carbocycles. The standard InChI is InChI=1S/C17H24N2O3/c20-12-16-15-4-2-1-3-13(15)5-8-19(16)11-17(21)18-14-6-9-22-10-7-14/h1-4,14,16,20H,5-12H2,(H,18,21). The zero-order valence-electron chi connectivity index (χ0n) is 12.8. The van der Waals surface area contributed by atoms with Gasteiger partial charge < -0.3 is 15.2 Å². The molecule has 1 aromatic rings. The Morgan fingerprint density at radius 3 is 2.86 bits per heavy atom. The van der Waals surface area contributed by atoms with Crippen LogP contribution in [0.15, 0.2) is 24.3 Å². The van der Waals surface area contributed by atoms with Gasteiger partial charge in [0, 0.05) is 25.8 Å². The molecule has 1 unspecified atom stereocenters. The summed E-state index contributed by atoms with van der Waals surface area (Å²) in [6.07, 6.45) is 2.70. The lowest BCUT2D eigenvalue weighted by atomic mass is 9.93. The van der Waals surface area contributed by atoms with E-state index in [9.17, 15) is 9.90 Å². The number of rotatable bonds is 4. The highest BCUT2D eigenvalue weighted by Gasteiger charge is 2.28. The maximum absolute atomic E-state index is 12.3. The quantitative estimate of drug-likeness (QED) is 0.866. The van der Waals surface area contributed by atoms with Crippen LogP contribution in [0.3, 0.4) is 0 Å². The van der Waals surface area contributed by atoms with Crippen LogP contribution in [0.25, 0.3) is 0 Å². The van der Waals surface area contributed by atoms with Gasteiger partial charge in [0.15, 0.2) is 0 Å². The van der Waals surface area contributed by atoms with Gasteiger partial charge >= 0.3 is 0 Å². The number of carbonyl (C=O) groups is 1. The topological polar surface area (TPSA) is 61.8 Å². The number of nitrogens with one attached hydrogen (secondary N) is 1. The lowest BCUT2D eigenvalue weighted by Crippen LogP contribution is -2.47. The summed E-state index contributed by atoms with van der Waals surface area (Å²) in [4.78, 5) is 14.4. The van der Waals surface area contributed by atoms with Gasteiger partial charge in [0.25, 0.3) is 0 Å². The lowest BCUT2D eigenvalue weighted by Gasteiger charge is -2.36. The van der Waals surface area contributed by atoms with E-state index in [-0.39, 0.29) is 24.6 Å². The highest BCUT2D eigenvalue weighted by molar-refractivity contribution is 5.78. The number of amides is 1. The molecule has 0 aromatic heterocycles. The number of nitrogens with zero attached hydrogens (tertiary/aromatic N) is 1. The number of hydrogen-bond donors (Lipinski definition) is 2. The second-order valence-electron chi connectivity index (χ2n) is 6.07. The predicted octanol–water partition coefficient (Wildman–Crippen LogP) is 0.873. The van der Waals surface area contributed by atoms with E-state index in [4.69, 9.17) is 4.74 Å². The van der Waals surface area contributed by atoms with Crippen LogP contribution >= 0.6 is 0 Å². The van der Waals surface area contributed by atoms with E-state index in [1.54, 1.807) is 0 Å². The number of ether oxygens (including phenoxy) is 1. The molecule has 0 saturated carbocycles. The molecule has 120 valence electrons. The SMILES string of the molecule is O=C(CN1CCc2ccccc2C1CO)NC1CCOCC1. The molecule has 2 heterocycles. The predicted molar refractivity (Wildman–Crippen MR) is 83.5 cm³/mol. The minimum absolute atomic E-state index is 0.0432. The van der Waals surface area contributed by atoms with Crippen LogP contribution in [-0.4, -0.2) is 54.9 Å². The van der Waals surface area contributed by atoms with Crippen LogP contribution in [0.5, 0.6) is 0 Å². The highest BCUT2D eigenvalue weighted by atomic mass is 16.5. The molecule has 1 atom stereocenters. The number of carbonyl (C=O) groups excluding carboxylic acids is 1.